The number of thiophene rings is 1. The van der Waals surface area contributed by atoms with Crippen LogP contribution >= 0.6 is 23.1 Å². The lowest BCUT2D eigenvalue weighted by Crippen LogP contribution is -2.26. The molecule has 0 aliphatic carbocycles. The highest BCUT2D eigenvalue weighted by molar-refractivity contribution is 7.99. The maximum Gasteiger partial charge on any atom is 0.267 e. The summed E-state index contributed by atoms with van der Waals surface area (Å²) in [6, 6.07) is 17.2. The molecule has 0 atom stereocenters. The molecule has 2 aromatic carbocycles. The summed E-state index contributed by atoms with van der Waals surface area (Å²) in [5, 5.41) is 4.11. The van der Waals surface area contributed by atoms with Gasteiger partial charge in [-0.15, -0.1) is 11.3 Å². The van der Waals surface area contributed by atoms with Gasteiger partial charge in [0.05, 0.1) is 23.4 Å². The van der Waals surface area contributed by atoms with Crippen LogP contribution in [0.15, 0.2) is 64.5 Å². The van der Waals surface area contributed by atoms with Crippen LogP contribution in [0.5, 0.6) is 5.75 Å². The number of hydrogen-bond acceptors (Lipinski definition) is 6. The van der Waals surface area contributed by atoms with E-state index < -0.39 is 0 Å². The Balaban J connectivity index is 1.66. The van der Waals surface area contributed by atoms with Crippen molar-refractivity contribution in [3.8, 4) is 11.4 Å². The van der Waals surface area contributed by atoms with Crippen LogP contribution in [0.3, 0.4) is 0 Å². The Morgan fingerprint density at radius 1 is 1.11 bits per heavy atom. The van der Waals surface area contributed by atoms with Gasteiger partial charge in [0.1, 0.15) is 10.6 Å². The van der Waals surface area contributed by atoms with Crippen LogP contribution in [0.2, 0.25) is 0 Å². The van der Waals surface area contributed by atoms with Crippen LogP contribution < -0.4 is 15.6 Å². The van der Waals surface area contributed by atoms with Crippen LogP contribution in [-0.2, 0) is 17.8 Å². The molecular formula is C27H29N3O3S2. The number of fused-ring (bicyclic) bond motifs is 1. The Bertz CT molecular complexity index is 1360. The fourth-order valence-electron chi connectivity index (χ4n) is 3.84. The topological polar surface area (TPSA) is 73.2 Å². The maximum absolute atomic E-state index is 13.7. The first-order valence-electron chi connectivity index (χ1n) is 11.7. The third kappa shape index (κ3) is 5.77. The van der Waals surface area contributed by atoms with Crippen LogP contribution in [0, 0.1) is 6.92 Å². The number of ether oxygens (including phenoxy) is 1. The molecule has 8 heteroatoms. The molecule has 2 aromatic heterocycles. The van der Waals surface area contributed by atoms with Gasteiger partial charge in [-0.2, -0.15) is 0 Å². The highest BCUT2D eigenvalue weighted by atomic mass is 32.2. The Kier molecular flexibility index (Phi) is 8.25. The SMILES string of the molecule is CCCc1sc2nc(SCC(=O)NCc3ccccc3)n(-c3ccc(OCC)cc3)c(=O)c2c1C. The van der Waals surface area contributed by atoms with E-state index in [1.165, 1.54) is 16.6 Å². The third-order valence-electron chi connectivity index (χ3n) is 5.58. The van der Waals surface area contributed by atoms with Gasteiger partial charge in [0, 0.05) is 11.4 Å². The molecule has 6 nitrogen and oxygen atoms in total. The van der Waals surface area contributed by atoms with E-state index in [0.717, 1.165) is 34.5 Å². The van der Waals surface area contributed by atoms with Crippen molar-refractivity contribution in [2.75, 3.05) is 12.4 Å². The lowest BCUT2D eigenvalue weighted by atomic mass is 10.1. The normalized spacial score (nSPS) is 11.1. The molecule has 1 N–H and O–H groups in total. The minimum Gasteiger partial charge on any atom is -0.494 e. The van der Waals surface area contributed by atoms with E-state index >= 15 is 0 Å². The standard InChI is InChI=1S/C27H29N3O3S2/c1-4-9-22-18(3)24-25(35-22)29-27(34-17-23(31)28-16-19-10-7-6-8-11-19)30(26(24)32)20-12-14-21(15-13-20)33-5-2/h6-8,10-15H,4-5,9,16-17H2,1-3H3,(H,28,31). The summed E-state index contributed by atoms with van der Waals surface area (Å²) < 4.78 is 7.17. The summed E-state index contributed by atoms with van der Waals surface area (Å²) in [6.45, 7) is 7.09. The number of thioether (sulfide) groups is 1. The van der Waals surface area contributed by atoms with Crippen LogP contribution in [0.25, 0.3) is 15.9 Å². The number of nitrogens with one attached hydrogen (secondary N) is 1. The summed E-state index contributed by atoms with van der Waals surface area (Å²) in [5.41, 5.74) is 2.63. The Labute approximate surface area is 213 Å². The van der Waals surface area contributed by atoms with Gasteiger partial charge in [0.2, 0.25) is 5.91 Å². The molecule has 35 heavy (non-hydrogen) atoms. The maximum atomic E-state index is 13.7. The lowest BCUT2D eigenvalue weighted by molar-refractivity contribution is -0.118. The van der Waals surface area contributed by atoms with Crippen molar-refractivity contribution >= 4 is 39.2 Å². The van der Waals surface area contributed by atoms with E-state index in [4.69, 9.17) is 9.72 Å². The zero-order valence-corrected chi connectivity index (χ0v) is 21.8. The summed E-state index contributed by atoms with van der Waals surface area (Å²) in [4.78, 5) is 33.1. The smallest absolute Gasteiger partial charge is 0.267 e. The van der Waals surface area contributed by atoms with Gasteiger partial charge < -0.3 is 10.1 Å². The number of aromatic nitrogens is 2. The van der Waals surface area contributed by atoms with E-state index in [0.29, 0.717) is 29.4 Å². The van der Waals surface area contributed by atoms with Gasteiger partial charge >= 0.3 is 0 Å². The second kappa shape index (κ2) is 11.6. The van der Waals surface area contributed by atoms with Crippen molar-refractivity contribution in [1.29, 1.82) is 0 Å². The zero-order chi connectivity index (χ0) is 24.8. The Morgan fingerprint density at radius 3 is 2.54 bits per heavy atom. The van der Waals surface area contributed by atoms with Crippen molar-refractivity contribution in [1.82, 2.24) is 14.9 Å². The number of carbonyl (C=O) groups excluding carboxylic acids is 1. The fraction of sp³-hybridized carbons (Fsp3) is 0.296. The summed E-state index contributed by atoms with van der Waals surface area (Å²) in [6.07, 6.45) is 1.92. The van der Waals surface area contributed by atoms with Crippen LogP contribution in [-0.4, -0.2) is 27.8 Å². The van der Waals surface area contributed by atoms with Gasteiger partial charge in [0.15, 0.2) is 5.16 Å². The van der Waals surface area contributed by atoms with Crippen molar-refractivity contribution in [2.45, 2.75) is 45.3 Å². The average molecular weight is 508 g/mol. The lowest BCUT2D eigenvalue weighted by Gasteiger charge is -2.13. The molecule has 0 aliphatic heterocycles. The molecule has 1 amide bonds. The largest absolute Gasteiger partial charge is 0.494 e. The fourth-order valence-corrected chi connectivity index (χ4v) is 6.00. The molecule has 0 radical (unpaired) electrons. The summed E-state index contributed by atoms with van der Waals surface area (Å²) in [7, 11) is 0. The first-order chi connectivity index (χ1) is 17.0. The number of benzene rings is 2. The molecule has 4 aromatic rings. The minimum atomic E-state index is -0.111. The number of rotatable bonds is 10. The van der Waals surface area contributed by atoms with E-state index in [9.17, 15) is 9.59 Å². The minimum absolute atomic E-state index is 0.109. The number of aryl methyl sites for hydroxylation is 2. The molecule has 0 bridgehead atoms. The van der Waals surface area contributed by atoms with Gasteiger partial charge in [-0.3, -0.25) is 14.2 Å². The second-order valence-corrected chi connectivity index (χ2v) is 10.1. The molecule has 182 valence electrons. The Hall–Kier alpha value is -3.10. The van der Waals surface area contributed by atoms with E-state index in [-0.39, 0.29) is 17.2 Å². The molecule has 0 fully saturated rings. The molecule has 0 spiro atoms. The first-order valence-corrected chi connectivity index (χ1v) is 13.5. The van der Waals surface area contributed by atoms with E-state index in [1.54, 1.807) is 15.9 Å². The van der Waals surface area contributed by atoms with E-state index in [2.05, 4.69) is 12.2 Å². The number of amides is 1. The van der Waals surface area contributed by atoms with Crippen molar-refractivity contribution in [2.24, 2.45) is 0 Å². The predicted molar refractivity (Wildman–Crippen MR) is 144 cm³/mol. The van der Waals surface area contributed by atoms with Gasteiger partial charge in [0.25, 0.3) is 5.56 Å². The summed E-state index contributed by atoms with van der Waals surface area (Å²) in [5.74, 6) is 0.791. The zero-order valence-electron chi connectivity index (χ0n) is 20.2. The molecule has 0 saturated heterocycles. The van der Waals surface area contributed by atoms with Gasteiger partial charge in [-0.1, -0.05) is 55.4 Å². The average Bonchev–Trinajstić information content (AvgIpc) is 3.18. The summed E-state index contributed by atoms with van der Waals surface area (Å²) >= 11 is 2.85. The first kappa shape index (κ1) is 25.0. The van der Waals surface area contributed by atoms with Crippen molar-refractivity contribution in [3.05, 3.63) is 81.0 Å². The molecule has 4 rings (SSSR count). The number of nitrogens with zero attached hydrogens (tertiary/aromatic N) is 2. The molecule has 0 saturated carbocycles. The van der Waals surface area contributed by atoms with Crippen molar-refractivity contribution < 1.29 is 9.53 Å². The number of hydrogen-bond donors (Lipinski definition) is 1. The molecule has 0 aliphatic rings. The van der Waals surface area contributed by atoms with Gasteiger partial charge in [-0.25, -0.2) is 4.98 Å². The molecule has 2 heterocycles. The van der Waals surface area contributed by atoms with Crippen molar-refractivity contribution in [3.63, 3.8) is 0 Å². The monoisotopic (exact) mass is 507 g/mol. The van der Waals surface area contributed by atoms with Gasteiger partial charge in [-0.05, 0) is 55.7 Å². The van der Waals surface area contributed by atoms with Crippen LogP contribution in [0.4, 0.5) is 0 Å². The quantitative estimate of drug-likeness (QED) is 0.226. The Morgan fingerprint density at radius 2 is 1.86 bits per heavy atom. The highest BCUT2D eigenvalue weighted by Crippen LogP contribution is 2.31. The third-order valence-corrected chi connectivity index (χ3v) is 7.76. The number of carbonyl (C=O) groups is 1. The van der Waals surface area contributed by atoms with Crippen LogP contribution in [0.1, 0.15) is 36.3 Å². The van der Waals surface area contributed by atoms with E-state index in [1.807, 2.05) is 68.4 Å². The second-order valence-electron chi connectivity index (χ2n) is 8.09. The highest BCUT2D eigenvalue weighted by Gasteiger charge is 2.20. The molecular weight excluding hydrogens is 478 g/mol. The predicted octanol–water partition coefficient (Wildman–Crippen LogP) is 5.52. The molecule has 0 unspecified atom stereocenters.